The molecule has 5 rings (SSSR count). The number of hydrogen-bond donors (Lipinski definition) is 0. The molecule has 0 saturated carbocycles. The first-order valence-electron chi connectivity index (χ1n) is 10.3. The van der Waals surface area contributed by atoms with E-state index >= 15 is 0 Å². The molecular weight excluding hydrogens is 404 g/mol. The molecule has 0 spiro atoms. The van der Waals surface area contributed by atoms with Gasteiger partial charge in [0, 0.05) is 28.9 Å². The summed E-state index contributed by atoms with van der Waals surface area (Å²) in [4.78, 5) is 23.5. The van der Waals surface area contributed by atoms with Gasteiger partial charge in [-0.2, -0.15) is 0 Å². The van der Waals surface area contributed by atoms with Crippen molar-refractivity contribution in [2.24, 2.45) is 0 Å². The van der Waals surface area contributed by atoms with E-state index in [0.717, 1.165) is 33.2 Å². The van der Waals surface area contributed by atoms with Gasteiger partial charge in [-0.15, -0.1) is 0 Å². The Morgan fingerprint density at radius 1 is 0.906 bits per heavy atom. The fourth-order valence-corrected chi connectivity index (χ4v) is 4.32. The molecule has 0 radical (unpaired) electrons. The summed E-state index contributed by atoms with van der Waals surface area (Å²) in [6.07, 6.45) is 1.19. The highest BCUT2D eigenvalue weighted by atomic mass is 16.4. The van der Waals surface area contributed by atoms with Crippen molar-refractivity contribution >= 4 is 27.9 Å². The number of aliphatic carboxylic acids is 1. The Labute approximate surface area is 183 Å². The zero-order chi connectivity index (χ0) is 22.4. The van der Waals surface area contributed by atoms with E-state index in [1.54, 1.807) is 19.3 Å². The molecule has 0 aliphatic heterocycles. The van der Waals surface area contributed by atoms with E-state index < -0.39 is 18.0 Å². The molecule has 0 saturated heterocycles. The van der Waals surface area contributed by atoms with Crippen LogP contribution >= 0.6 is 0 Å². The monoisotopic (exact) mass is 423 g/mol. The van der Waals surface area contributed by atoms with Gasteiger partial charge in [0.15, 0.2) is 0 Å². The van der Waals surface area contributed by atoms with Gasteiger partial charge in [-0.25, -0.2) is 4.79 Å². The lowest BCUT2D eigenvalue weighted by atomic mass is 9.95. The van der Waals surface area contributed by atoms with E-state index in [4.69, 9.17) is 8.83 Å². The molecule has 5 nitrogen and oxygen atoms in total. The molecule has 158 valence electrons. The van der Waals surface area contributed by atoms with Crippen molar-refractivity contribution in [3.8, 4) is 22.3 Å². The van der Waals surface area contributed by atoms with E-state index in [-0.39, 0.29) is 5.56 Å². The first-order chi connectivity index (χ1) is 15.4. The van der Waals surface area contributed by atoms with Crippen LogP contribution in [0.1, 0.15) is 16.7 Å². The number of furan rings is 1. The number of rotatable bonds is 4. The van der Waals surface area contributed by atoms with Crippen LogP contribution in [0, 0.1) is 13.8 Å². The summed E-state index contributed by atoms with van der Waals surface area (Å²) >= 11 is 0. The van der Waals surface area contributed by atoms with Crippen LogP contribution in [0.15, 0.2) is 80.6 Å². The number of fused-ring (bicyclic) bond motifs is 3. The Kier molecular flexibility index (Phi) is 4.67. The van der Waals surface area contributed by atoms with Crippen molar-refractivity contribution in [2.75, 3.05) is 0 Å². The molecule has 2 heterocycles. The maximum Gasteiger partial charge on any atom is 0.340 e. The minimum Gasteiger partial charge on any atom is -0.550 e. The van der Waals surface area contributed by atoms with E-state index in [2.05, 4.69) is 36.4 Å². The van der Waals surface area contributed by atoms with Gasteiger partial charge in [-0.05, 0) is 47.7 Å². The Bertz CT molecular complexity index is 1540. The number of carbonyl (C=O) groups is 1. The molecule has 0 atom stereocenters. The number of aryl methyl sites for hydroxylation is 2. The summed E-state index contributed by atoms with van der Waals surface area (Å²) in [5.74, 6) is -1.33. The Morgan fingerprint density at radius 2 is 1.56 bits per heavy atom. The van der Waals surface area contributed by atoms with Gasteiger partial charge in [0.1, 0.15) is 11.2 Å². The number of carboxylic acids is 1. The molecule has 0 unspecified atom stereocenters. The zero-order valence-electron chi connectivity index (χ0n) is 17.6. The zero-order valence-corrected chi connectivity index (χ0v) is 17.6. The van der Waals surface area contributed by atoms with E-state index in [1.807, 2.05) is 25.1 Å². The minimum absolute atomic E-state index is 0.0767. The van der Waals surface area contributed by atoms with Gasteiger partial charge in [-0.1, -0.05) is 54.6 Å². The summed E-state index contributed by atoms with van der Waals surface area (Å²) in [5, 5.41) is 12.6. The molecule has 0 bridgehead atoms. The third kappa shape index (κ3) is 3.19. The van der Waals surface area contributed by atoms with E-state index in [1.165, 1.54) is 0 Å². The molecule has 0 amide bonds. The standard InChI is InChI=1S/C27H20O5/c1-15-12-22-25(16(2)20(13-23(28)29)27(30)32-22)26-24(15)21(14-31-26)19-10-8-18(9-11-19)17-6-4-3-5-7-17/h3-12,14H,13H2,1-2H3,(H,28,29)/p-1. The van der Waals surface area contributed by atoms with Crippen LogP contribution < -0.4 is 10.7 Å². The number of carboxylic acid groups (broad SMARTS) is 1. The van der Waals surface area contributed by atoms with Gasteiger partial charge >= 0.3 is 5.63 Å². The second kappa shape index (κ2) is 7.54. The molecule has 5 heteroatoms. The van der Waals surface area contributed by atoms with Crippen LogP contribution in [0.4, 0.5) is 0 Å². The van der Waals surface area contributed by atoms with Crippen LogP contribution in [0.5, 0.6) is 0 Å². The lowest BCUT2D eigenvalue weighted by Crippen LogP contribution is -2.27. The van der Waals surface area contributed by atoms with Crippen molar-refractivity contribution in [3.63, 3.8) is 0 Å². The van der Waals surface area contributed by atoms with Gasteiger partial charge in [0.2, 0.25) is 0 Å². The Hall–Kier alpha value is -4.12. The minimum atomic E-state index is -1.33. The van der Waals surface area contributed by atoms with Crippen molar-refractivity contribution in [3.05, 3.63) is 94.0 Å². The average molecular weight is 423 g/mol. The normalized spacial score (nSPS) is 11.3. The summed E-state index contributed by atoms with van der Waals surface area (Å²) in [5.41, 5.74) is 5.97. The molecule has 2 aromatic heterocycles. The first kappa shape index (κ1) is 19.8. The molecule has 0 fully saturated rings. The van der Waals surface area contributed by atoms with Crippen molar-refractivity contribution < 1.29 is 18.7 Å². The van der Waals surface area contributed by atoms with Crippen LogP contribution in [-0.2, 0) is 11.2 Å². The highest BCUT2D eigenvalue weighted by Gasteiger charge is 2.20. The highest BCUT2D eigenvalue weighted by Crippen LogP contribution is 2.39. The van der Waals surface area contributed by atoms with Crippen LogP contribution in [0.3, 0.4) is 0 Å². The molecule has 0 N–H and O–H groups in total. The predicted molar refractivity (Wildman–Crippen MR) is 121 cm³/mol. The van der Waals surface area contributed by atoms with E-state index in [9.17, 15) is 14.7 Å². The molecular formula is C27H19O5-. The summed E-state index contributed by atoms with van der Waals surface area (Å²) in [6.45, 7) is 3.65. The summed E-state index contributed by atoms with van der Waals surface area (Å²) in [6, 6.07) is 20.2. The number of carbonyl (C=O) groups excluding carboxylic acids is 1. The van der Waals surface area contributed by atoms with Crippen molar-refractivity contribution in [2.45, 2.75) is 20.3 Å². The average Bonchev–Trinajstić information content (AvgIpc) is 3.23. The maximum absolute atomic E-state index is 12.3. The third-order valence-electron chi connectivity index (χ3n) is 5.91. The molecule has 0 aliphatic rings. The number of hydrogen-bond acceptors (Lipinski definition) is 5. The van der Waals surface area contributed by atoms with Crippen LogP contribution in [0.25, 0.3) is 44.2 Å². The molecule has 32 heavy (non-hydrogen) atoms. The largest absolute Gasteiger partial charge is 0.550 e. The summed E-state index contributed by atoms with van der Waals surface area (Å²) in [7, 11) is 0. The maximum atomic E-state index is 12.3. The molecule has 5 aromatic rings. The van der Waals surface area contributed by atoms with Crippen molar-refractivity contribution in [1.29, 1.82) is 0 Å². The SMILES string of the molecule is Cc1cc2oc(=O)c(CC(=O)[O-])c(C)c2c2occ(-c3ccc(-c4ccccc4)cc3)c12. The lowest BCUT2D eigenvalue weighted by Gasteiger charge is -2.10. The fourth-order valence-electron chi connectivity index (χ4n) is 4.32. The third-order valence-corrected chi connectivity index (χ3v) is 5.91. The quantitative estimate of drug-likeness (QED) is 0.388. The van der Waals surface area contributed by atoms with Crippen LogP contribution in [0.2, 0.25) is 0 Å². The fraction of sp³-hybridized carbons (Fsp3) is 0.111. The van der Waals surface area contributed by atoms with Gasteiger partial charge < -0.3 is 18.7 Å². The van der Waals surface area contributed by atoms with Gasteiger partial charge in [-0.3, -0.25) is 0 Å². The molecule has 3 aromatic carbocycles. The predicted octanol–water partition coefficient (Wildman–Crippen LogP) is 4.78. The van der Waals surface area contributed by atoms with E-state index in [0.29, 0.717) is 22.1 Å². The smallest absolute Gasteiger partial charge is 0.340 e. The Morgan fingerprint density at radius 3 is 2.25 bits per heavy atom. The second-order valence-corrected chi connectivity index (χ2v) is 7.91. The Balaban J connectivity index is 1.70. The van der Waals surface area contributed by atoms with Gasteiger partial charge in [0.25, 0.3) is 0 Å². The highest BCUT2D eigenvalue weighted by molar-refractivity contribution is 6.11. The van der Waals surface area contributed by atoms with Gasteiger partial charge in [0.05, 0.1) is 11.6 Å². The van der Waals surface area contributed by atoms with Crippen molar-refractivity contribution in [1.82, 2.24) is 0 Å². The second-order valence-electron chi connectivity index (χ2n) is 7.91. The molecule has 0 aliphatic carbocycles. The lowest BCUT2D eigenvalue weighted by molar-refractivity contribution is -0.304. The number of benzene rings is 3. The first-order valence-corrected chi connectivity index (χ1v) is 10.3. The van der Waals surface area contributed by atoms with Crippen LogP contribution in [-0.4, -0.2) is 5.97 Å². The summed E-state index contributed by atoms with van der Waals surface area (Å²) < 4.78 is 11.4. The topological polar surface area (TPSA) is 83.5 Å².